The van der Waals surface area contributed by atoms with Gasteiger partial charge < -0.3 is 14.8 Å². The van der Waals surface area contributed by atoms with Crippen LogP contribution in [-0.4, -0.2) is 44.6 Å². The maximum atomic E-state index is 12.8. The van der Waals surface area contributed by atoms with Crippen LogP contribution in [0.2, 0.25) is 0 Å². The van der Waals surface area contributed by atoms with Crippen molar-refractivity contribution in [3.63, 3.8) is 0 Å². The van der Waals surface area contributed by atoms with Crippen molar-refractivity contribution in [3.8, 4) is 23.0 Å². The maximum absolute atomic E-state index is 12.8. The average Bonchev–Trinajstić information content (AvgIpc) is 3.27. The number of anilines is 2. The summed E-state index contributed by atoms with van der Waals surface area (Å²) in [6.07, 6.45) is -0.193. The molecule has 11 heteroatoms. The summed E-state index contributed by atoms with van der Waals surface area (Å²) < 4.78 is 50.5. The van der Waals surface area contributed by atoms with E-state index in [1.165, 1.54) is 6.20 Å². The quantitative estimate of drug-likeness (QED) is 0.292. The molecule has 0 aliphatic heterocycles. The Hall–Kier alpha value is -4.67. The van der Waals surface area contributed by atoms with Gasteiger partial charge in [0.1, 0.15) is 11.4 Å². The minimum Gasteiger partial charge on any atom is -0.497 e. The summed E-state index contributed by atoms with van der Waals surface area (Å²) >= 11 is 0. The second-order valence-corrected chi connectivity index (χ2v) is 8.04. The van der Waals surface area contributed by atoms with Gasteiger partial charge in [-0.2, -0.15) is 18.3 Å². The Morgan fingerprint density at radius 2 is 1.73 bits per heavy atom. The number of alkyl halides is 3. The molecule has 5 aromatic rings. The van der Waals surface area contributed by atoms with Crippen molar-refractivity contribution >= 4 is 22.4 Å². The van der Waals surface area contributed by atoms with E-state index in [0.717, 1.165) is 22.2 Å². The SMILES string of the molecule is COc1ccc(Cn2nc(-c3ncc(OCC(F)(F)F)c(Nc4ccncc4)n3)c3ccccc32)cc1. The van der Waals surface area contributed by atoms with Crippen LogP contribution >= 0.6 is 0 Å². The zero-order valence-corrected chi connectivity index (χ0v) is 19.6. The molecule has 3 heterocycles. The highest BCUT2D eigenvalue weighted by atomic mass is 19.4. The van der Waals surface area contributed by atoms with E-state index < -0.39 is 12.8 Å². The van der Waals surface area contributed by atoms with Crippen LogP contribution in [0.25, 0.3) is 22.4 Å². The first-order valence-corrected chi connectivity index (χ1v) is 11.2. The van der Waals surface area contributed by atoms with Gasteiger partial charge in [-0.25, -0.2) is 9.97 Å². The number of pyridine rings is 1. The highest BCUT2D eigenvalue weighted by Crippen LogP contribution is 2.32. The Kier molecular flexibility index (Phi) is 6.59. The molecule has 0 radical (unpaired) electrons. The van der Waals surface area contributed by atoms with E-state index in [0.29, 0.717) is 17.9 Å². The third kappa shape index (κ3) is 5.61. The number of ether oxygens (including phenoxy) is 2. The van der Waals surface area contributed by atoms with E-state index >= 15 is 0 Å². The van der Waals surface area contributed by atoms with Crippen LogP contribution in [0.4, 0.5) is 24.7 Å². The van der Waals surface area contributed by atoms with Gasteiger partial charge in [-0.1, -0.05) is 30.3 Å². The van der Waals surface area contributed by atoms with E-state index in [9.17, 15) is 13.2 Å². The number of nitrogens with zero attached hydrogens (tertiary/aromatic N) is 5. The third-order valence-corrected chi connectivity index (χ3v) is 5.45. The Balaban J connectivity index is 1.54. The van der Waals surface area contributed by atoms with Gasteiger partial charge in [0.2, 0.25) is 0 Å². The van der Waals surface area contributed by atoms with Gasteiger partial charge in [0.15, 0.2) is 24.0 Å². The van der Waals surface area contributed by atoms with E-state index in [1.54, 1.807) is 31.6 Å². The monoisotopic (exact) mass is 506 g/mol. The Morgan fingerprint density at radius 3 is 2.46 bits per heavy atom. The highest BCUT2D eigenvalue weighted by molar-refractivity contribution is 5.92. The number of hydrogen-bond acceptors (Lipinski definition) is 7. The first-order chi connectivity index (χ1) is 17.9. The van der Waals surface area contributed by atoms with Crippen molar-refractivity contribution in [2.24, 2.45) is 0 Å². The largest absolute Gasteiger partial charge is 0.497 e. The van der Waals surface area contributed by atoms with Gasteiger partial charge >= 0.3 is 6.18 Å². The number of hydrogen-bond donors (Lipinski definition) is 1. The molecule has 0 aliphatic rings. The Morgan fingerprint density at radius 1 is 0.973 bits per heavy atom. The van der Waals surface area contributed by atoms with Crippen molar-refractivity contribution in [2.75, 3.05) is 19.0 Å². The fourth-order valence-corrected chi connectivity index (χ4v) is 3.73. The predicted molar refractivity (Wildman–Crippen MR) is 132 cm³/mol. The fourth-order valence-electron chi connectivity index (χ4n) is 3.73. The molecule has 0 spiro atoms. The van der Waals surface area contributed by atoms with Crippen molar-refractivity contribution in [2.45, 2.75) is 12.7 Å². The normalized spacial score (nSPS) is 11.5. The Bertz CT molecular complexity index is 1510. The number of halogens is 3. The van der Waals surface area contributed by atoms with Crippen LogP contribution in [0.3, 0.4) is 0 Å². The van der Waals surface area contributed by atoms with Crippen molar-refractivity contribution < 1.29 is 22.6 Å². The molecule has 3 aromatic heterocycles. The molecular weight excluding hydrogens is 485 g/mol. The number of nitrogens with one attached hydrogen (secondary N) is 1. The molecule has 0 aliphatic carbocycles. The van der Waals surface area contributed by atoms with Gasteiger partial charge in [-0.3, -0.25) is 9.67 Å². The van der Waals surface area contributed by atoms with E-state index in [1.807, 2.05) is 53.2 Å². The highest BCUT2D eigenvalue weighted by Gasteiger charge is 2.29. The van der Waals surface area contributed by atoms with E-state index in [4.69, 9.17) is 14.6 Å². The fraction of sp³-hybridized carbons (Fsp3) is 0.154. The molecule has 0 fully saturated rings. The van der Waals surface area contributed by atoms with Crippen LogP contribution < -0.4 is 14.8 Å². The molecule has 0 saturated carbocycles. The molecule has 0 unspecified atom stereocenters. The van der Waals surface area contributed by atoms with E-state index in [2.05, 4.69) is 20.3 Å². The third-order valence-electron chi connectivity index (χ3n) is 5.45. The van der Waals surface area contributed by atoms with Crippen molar-refractivity contribution in [3.05, 3.63) is 84.8 Å². The molecule has 0 amide bonds. The second kappa shape index (κ2) is 10.1. The Labute approximate surface area is 209 Å². The van der Waals surface area contributed by atoms with Crippen molar-refractivity contribution in [1.82, 2.24) is 24.7 Å². The lowest BCUT2D eigenvalue weighted by Crippen LogP contribution is -2.20. The molecule has 0 atom stereocenters. The van der Waals surface area contributed by atoms with Crippen LogP contribution in [0, 0.1) is 0 Å². The molecule has 2 aromatic carbocycles. The van der Waals surface area contributed by atoms with Gasteiger partial charge in [0, 0.05) is 23.5 Å². The lowest BCUT2D eigenvalue weighted by atomic mass is 10.2. The minimum absolute atomic E-state index is 0.0780. The number of methoxy groups -OCH3 is 1. The molecule has 0 saturated heterocycles. The zero-order chi connectivity index (χ0) is 25.8. The summed E-state index contributed by atoms with van der Waals surface area (Å²) in [6.45, 7) is -0.987. The molecule has 8 nitrogen and oxygen atoms in total. The average molecular weight is 506 g/mol. The number of para-hydroxylation sites is 1. The zero-order valence-electron chi connectivity index (χ0n) is 19.6. The number of benzene rings is 2. The van der Waals surface area contributed by atoms with Crippen LogP contribution in [0.5, 0.6) is 11.5 Å². The number of aromatic nitrogens is 5. The van der Waals surface area contributed by atoms with Gasteiger partial charge in [-0.15, -0.1) is 0 Å². The van der Waals surface area contributed by atoms with Crippen LogP contribution in [0.15, 0.2) is 79.3 Å². The van der Waals surface area contributed by atoms with Crippen molar-refractivity contribution in [1.29, 1.82) is 0 Å². The molecule has 37 heavy (non-hydrogen) atoms. The molecule has 188 valence electrons. The van der Waals surface area contributed by atoms with E-state index in [-0.39, 0.29) is 17.4 Å². The van der Waals surface area contributed by atoms with Gasteiger partial charge in [0.05, 0.1) is 25.4 Å². The van der Waals surface area contributed by atoms with Crippen LogP contribution in [0.1, 0.15) is 5.56 Å². The molecule has 0 bridgehead atoms. The topological polar surface area (TPSA) is 87.0 Å². The maximum Gasteiger partial charge on any atom is 0.422 e. The summed E-state index contributed by atoms with van der Waals surface area (Å²) in [7, 11) is 1.61. The lowest BCUT2D eigenvalue weighted by molar-refractivity contribution is -0.153. The standard InChI is InChI=1S/C26H21F3N6O2/c1-36-19-8-6-17(7-9-19)15-35-21-5-3-2-4-20(21)23(34-35)25-31-14-22(37-16-26(27,28)29)24(33-25)32-18-10-12-30-13-11-18/h2-14H,15-16H2,1H3,(H,30,31,32,33). The number of fused-ring (bicyclic) bond motifs is 1. The summed E-state index contributed by atoms with van der Waals surface area (Å²) in [5.74, 6) is 0.930. The summed E-state index contributed by atoms with van der Waals surface area (Å²) in [5, 5.41) is 8.56. The predicted octanol–water partition coefficient (Wildman–Crippen LogP) is 5.63. The minimum atomic E-state index is -4.51. The smallest absolute Gasteiger partial charge is 0.422 e. The second-order valence-electron chi connectivity index (χ2n) is 8.04. The van der Waals surface area contributed by atoms with Gasteiger partial charge in [-0.05, 0) is 35.9 Å². The first kappa shape index (κ1) is 24.0. The molecule has 1 N–H and O–H groups in total. The summed E-state index contributed by atoms with van der Waals surface area (Å²) in [6, 6.07) is 18.6. The summed E-state index contributed by atoms with van der Waals surface area (Å²) in [5.41, 5.74) is 2.94. The molecular formula is C26H21F3N6O2. The number of rotatable bonds is 8. The van der Waals surface area contributed by atoms with Crippen LogP contribution in [-0.2, 0) is 6.54 Å². The summed E-state index contributed by atoms with van der Waals surface area (Å²) in [4.78, 5) is 12.8. The first-order valence-electron chi connectivity index (χ1n) is 11.2. The lowest BCUT2D eigenvalue weighted by Gasteiger charge is -2.14. The van der Waals surface area contributed by atoms with Gasteiger partial charge in [0.25, 0.3) is 0 Å². The molecule has 5 rings (SSSR count).